The Balaban J connectivity index is 2.41. The van der Waals surface area contributed by atoms with Gasteiger partial charge in [-0.1, -0.05) is 20.8 Å². The molecule has 0 saturated carbocycles. The number of carbonyl (C=O) groups excluding carboxylic acids is 1. The molecule has 102 valence electrons. The fourth-order valence-corrected chi connectivity index (χ4v) is 1.48. The number of amides is 1. The number of rotatable bonds is 7. The molecule has 1 aromatic heterocycles. The van der Waals surface area contributed by atoms with Crippen LogP contribution in [0.1, 0.15) is 39.8 Å². The molecule has 1 heterocycles. The molecular weight excluding hydrogens is 228 g/mol. The summed E-state index contributed by atoms with van der Waals surface area (Å²) in [6.07, 6.45) is 4.55. The van der Waals surface area contributed by atoms with Crippen LogP contribution in [0.4, 0.5) is 0 Å². The van der Waals surface area contributed by atoms with Gasteiger partial charge in [0.1, 0.15) is 6.54 Å². The van der Waals surface area contributed by atoms with Crippen LogP contribution in [-0.4, -0.2) is 27.5 Å². The SMILES string of the molecule is CCC(C)NC(=O)Cn1cnc(CNC(C)C)c1. The molecule has 1 aromatic rings. The van der Waals surface area contributed by atoms with Crippen LogP contribution in [0.5, 0.6) is 0 Å². The van der Waals surface area contributed by atoms with Crippen LogP contribution in [0.3, 0.4) is 0 Å². The average molecular weight is 252 g/mol. The summed E-state index contributed by atoms with van der Waals surface area (Å²) in [5.74, 6) is 0.0325. The number of nitrogens with zero attached hydrogens (tertiary/aromatic N) is 2. The van der Waals surface area contributed by atoms with Crippen molar-refractivity contribution in [2.24, 2.45) is 0 Å². The van der Waals surface area contributed by atoms with Crippen molar-refractivity contribution in [2.75, 3.05) is 0 Å². The third-order valence-corrected chi connectivity index (χ3v) is 2.72. The lowest BCUT2D eigenvalue weighted by Gasteiger charge is -2.11. The summed E-state index contributed by atoms with van der Waals surface area (Å²) in [6.45, 7) is 9.31. The van der Waals surface area contributed by atoms with Gasteiger partial charge in [0.05, 0.1) is 12.0 Å². The minimum absolute atomic E-state index is 0.0325. The van der Waals surface area contributed by atoms with Gasteiger partial charge in [0.25, 0.3) is 0 Å². The van der Waals surface area contributed by atoms with E-state index < -0.39 is 0 Å². The summed E-state index contributed by atoms with van der Waals surface area (Å²) in [6, 6.07) is 0.659. The normalized spacial score (nSPS) is 12.7. The van der Waals surface area contributed by atoms with Crippen molar-refractivity contribution in [3.05, 3.63) is 18.2 Å². The molecule has 1 rings (SSSR count). The maximum Gasteiger partial charge on any atom is 0.240 e. The van der Waals surface area contributed by atoms with Gasteiger partial charge < -0.3 is 15.2 Å². The van der Waals surface area contributed by atoms with Gasteiger partial charge in [-0.25, -0.2) is 4.98 Å². The van der Waals surface area contributed by atoms with Gasteiger partial charge in [-0.3, -0.25) is 4.79 Å². The molecule has 0 fully saturated rings. The summed E-state index contributed by atoms with van der Waals surface area (Å²) < 4.78 is 1.81. The van der Waals surface area contributed by atoms with Crippen LogP contribution >= 0.6 is 0 Å². The Bertz CT molecular complexity index is 373. The minimum atomic E-state index is 0.0325. The largest absolute Gasteiger partial charge is 0.352 e. The molecule has 0 aliphatic carbocycles. The van der Waals surface area contributed by atoms with Crippen molar-refractivity contribution in [3.8, 4) is 0 Å². The van der Waals surface area contributed by atoms with E-state index in [1.54, 1.807) is 6.33 Å². The number of hydrogen-bond donors (Lipinski definition) is 2. The summed E-state index contributed by atoms with van der Waals surface area (Å²) in [5.41, 5.74) is 0.958. The lowest BCUT2D eigenvalue weighted by Crippen LogP contribution is -2.34. The minimum Gasteiger partial charge on any atom is -0.352 e. The van der Waals surface area contributed by atoms with Crippen LogP contribution in [-0.2, 0) is 17.9 Å². The first kappa shape index (κ1) is 14.7. The molecule has 18 heavy (non-hydrogen) atoms. The van der Waals surface area contributed by atoms with Gasteiger partial charge in [-0.2, -0.15) is 0 Å². The Morgan fingerprint density at radius 1 is 1.44 bits per heavy atom. The van der Waals surface area contributed by atoms with E-state index in [0.29, 0.717) is 12.6 Å². The number of aromatic nitrogens is 2. The third kappa shape index (κ3) is 5.31. The summed E-state index contributed by atoms with van der Waals surface area (Å²) in [4.78, 5) is 15.9. The van der Waals surface area contributed by atoms with E-state index >= 15 is 0 Å². The molecule has 5 heteroatoms. The van der Waals surface area contributed by atoms with E-state index in [9.17, 15) is 4.79 Å². The highest BCUT2D eigenvalue weighted by Crippen LogP contribution is 1.97. The van der Waals surface area contributed by atoms with Crippen LogP contribution in [0.15, 0.2) is 12.5 Å². The van der Waals surface area contributed by atoms with Gasteiger partial charge in [-0.15, -0.1) is 0 Å². The predicted octanol–water partition coefficient (Wildman–Crippen LogP) is 1.30. The molecule has 5 nitrogen and oxygen atoms in total. The van der Waals surface area contributed by atoms with Gasteiger partial charge in [-0.05, 0) is 13.3 Å². The maximum atomic E-state index is 11.7. The average Bonchev–Trinajstić information content (AvgIpc) is 2.73. The molecule has 0 aliphatic rings. The Kier molecular flexibility index (Phi) is 5.85. The first-order chi connectivity index (χ1) is 8.51. The highest BCUT2D eigenvalue weighted by atomic mass is 16.2. The standard InChI is InChI=1S/C13H24N4O/c1-5-11(4)16-13(18)8-17-7-12(15-9-17)6-14-10(2)3/h7,9-11,14H,5-6,8H2,1-4H3,(H,16,18). The van der Waals surface area contributed by atoms with Crippen LogP contribution in [0, 0.1) is 0 Å². The Hall–Kier alpha value is -1.36. The van der Waals surface area contributed by atoms with Crippen LogP contribution in [0.25, 0.3) is 0 Å². The number of carbonyl (C=O) groups is 1. The van der Waals surface area contributed by atoms with Crippen LogP contribution < -0.4 is 10.6 Å². The Morgan fingerprint density at radius 2 is 2.17 bits per heavy atom. The number of nitrogens with one attached hydrogen (secondary N) is 2. The molecule has 2 N–H and O–H groups in total. The molecule has 0 aromatic carbocycles. The fourth-order valence-electron chi connectivity index (χ4n) is 1.48. The lowest BCUT2D eigenvalue weighted by atomic mass is 10.2. The second-order valence-electron chi connectivity index (χ2n) is 4.95. The first-order valence-corrected chi connectivity index (χ1v) is 6.54. The van der Waals surface area contributed by atoms with E-state index in [2.05, 4.69) is 36.4 Å². The molecule has 1 atom stereocenters. The van der Waals surface area contributed by atoms with Crippen LogP contribution in [0.2, 0.25) is 0 Å². The van der Waals surface area contributed by atoms with Crippen molar-refractivity contribution in [1.29, 1.82) is 0 Å². The molecule has 1 amide bonds. The van der Waals surface area contributed by atoms with Crippen molar-refractivity contribution < 1.29 is 4.79 Å². The van der Waals surface area contributed by atoms with E-state index in [-0.39, 0.29) is 11.9 Å². The molecule has 0 saturated heterocycles. The van der Waals surface area contributed by atoms with Crippen molar-refractivity contribution in [3.63, 3.8) is 0 Å². The second-order valence-corrected chi connectivity index (χ2v) is 4.95. The highest BCUT2D eigenvalue weighted by molar-refractivity contribution is 5.75. The molecule has 0 bridgehead atoms. The lowest BCUT2D eigenvalue weighted by molar-refractivity contribution is -0.122. The first-order valence-electron chi connectivity index (χ1n) is 6.54. The summed E-state index contributed by atoms with van der Waals surface area (Å²) >= 11 is 0. The Morgan fingerprint density at radius 3 is 2.78 bits per heavy atom. The fraction of sp³-hybridized carbons (Fsp3) is 0.692. The van der Waals surface area contributed by atoms with Gasteiger partial charge >= 0.3 is 0 Å². The van der Waals surface area contributed by atoms with E-state index in [1.807, 2.05) is 17.7 Å². The zero-order chi connectivity index (χ0) is 13.5. The highest BCUT2D eigenvalue weighted by Gasteiger charge is 2.07. The quantitative estimate of drug-likeness (QED) is 0.769. The van der Waals surface area contributed by atoms with Gasteiger partial charge in [0.2, 0.25) is 5.91 Å². The van der Waals surface area contributed by atoms with Crippen molar-refractivity contribution in [2.45, 2.75) is 59.3 Å². The van der Waals surface area contributed by atoms with E-state index in [1.165, 1.54) is 0 Å². The predicted molar refractivity (Wildman–Crippen MR) is 72.1 cm³/mol. The van der Waals surface area contributed by atoms with Gasteiger partial charge in [0, 0.05) is 24.8 Å². The summed E-state index contributed by atoms with van der Waals surface area (Å²) in [5, 5.41) is 6.23. The zero-order valence-electron chi connectivity index (χ0n) is 11.7. The number of imidazole rings is 1. The monoisotopic (exact) mass is 252 g/mol. The van der Waals surface area contributed by atoms with E-state index in [4.69, 9.17) is 0 Å². The van der Waals surface area contributed by atoms with E-state index in [0.717, 1.165) is 18.7 Å². The second kappa shape index (κ2) is 7.16. The Labute approximate surface area is 109 Å². The number of hydrogen-bond acceptors (Lipinski definition) is 3. The zero-order valence-corrected chi connectivity index (χ0v) is 11.7. The molecular formula is C13H24N4O. The van der Waals surface area contributed by atoms with Crippen molar-refractivity contribution >= 4 is 5.91 Å². The molecule has 0 aliphatic heterocycles. The summed E-state index contributed by atoms with van der Waals surface area (Å²) in [7, 11) is 0. The topological polar surface area (TPSA) is 59.0 Å². The molecule has 0 radical (unpaired) electrons. The molecule has 1 unspecified atom stereocenters. The third-order valence-electron chi connectivity index (χ3n) is 2.72. The maximum absolute atomic E-state index is 11.7. The molecule has 0 spiro atoms. The smallest absolute Gasteiger partial charge is 0.240 e. The van der Waals surface area contributed by atoms with Gasteiger partial charge in [0.15, 0.2) is 0 Å². The van der Waals surface area contributed by atoms with Crippen molar-refractivity contribution in [1.82, 2.24) is 20.2 Å².